The lowest BCUT2D eigenvalue weighted by molar-refractivity contribution is 0.241. The molecule has 110 valence electrons. The fraction of sp³-hybridized carbons (Fsp3) is 0.235. The molecule has 0 heterocycles. The summed E-state index contributed by atoms with van der Waals surface area (Å²) in [6, 6.07) is 18.1. The highest BCUT2D eigenvalue weighted by Gasteiger charge is 2.01. The van der Waals surface area contributed by atoms with E-state index in [2.05, 4.69) is 44.8 Å². The van der Waals surface area contributed by atoms with Crippen LogP contribution >= 0.6 is 15.9 Å². The van der Waals surface area contributed by atoms with Gasteiger partial charge in [-0.05, 0) is 30.0 Å². The lowest BCUT2D eigenvalue weighted by Gasteiger charge is -2.08. The minimum absolute atomic E-state index is 0.113. The third-order valence-corrected chi connectivity index (χ3v) is 3.95. The Morgan fingerprint density at radius 1 is 0.857 bits per heavy atom. The van der Waals surface area contributed by atoms with Crippen LogP contribution in [0.3, 0.4) is 0 Å². The van der Waals surface area contributed by atoms with Gasteiger partial charge in [0.2, 0.25) is 0 Å². The second kappa shape index (κ2) is 8.47. The summed E-state index contributed by atoms with van der Waals surface area (Å²) < 4.78 is 1.08. The van der Waals surface area contributed by atoms with Gasteiger partial charge in [-0.15, -0.1) is 0 Å². The lowest BCUT2D eigenvalue weighted by Crippen LogP contribution is -2.37. The average molecular weight is 347 g/mol. The molecule has 0 bridgehead atoms. The Morgan fingerprint density at radius 2 is 1.48 bits per heavy atom. The molecule has 0 aromatic heterocycles. The summed E-state index contributed by atoms with van der Waals surface area (Å²) in [7, 11) is 0. The molecule has 4 heteroatoms. The van der Waals surface area contributed by atoms with Crippen molar-refractivity contribution in [1.29, 1.82) is 0 Å². The quantitative estimate of drug-likeness (QED) is 0.825. The number of hydrogen-bond donors (Lipinski definition) is 2. The molecule has 0 atom stereocenters. The van der Waals surface area contributed by atoms with Crippen LogP contribution in [0.1, 0.15) is 11.1 Å². The molecule has 0 aliphatic carbocycles. The van der Waals surface area contributed by atoms with Crippen LogP contribution in [-0.2, 0) is 12.8 Å². The number of urea groups is 1. The fourth-order valence-electron chi connectivity index (χ4n) is 2.04. The zero-order valence-electron chi connectivity index (χ0n) is 11.8. The Morgan fingerprint density at radius 3 is 2.19 bits per heavy atom. The van der Waals surface area contributed by atoms with Gasteiger partial charge in [0, 0.05) is 17.6 Å². The van der Waals surface area contributed by atoms with Crippen molar-refractivity contribution in [2.24, 2.45) is 0 Å². The van der Waals surface area contributed by atoms with Crippen LogP contribution in [0.15, 0.2) is 59.1 Å². The van der Waals surface area contributed by atoms with Gasteiger partial charge in [-0.2, -0.15) is 0 Å². The predicted molar refractivity (Wildman–Crippen MR) is 89.4 cm³/mol. The molecule has 2 aromatic carbocycles. The van der Waals surface area contributed by atoms with Gasteiger partial charge in [-0.3, -0.25) is 0 Å². The zero-order valence-corrected chi connectivity index (χ0v) is 13.4. The van der Waals surface area contributed by atoms with Crippen LogP contribution < -0.4 is 10.6 Å². The van der Waals surface area contributed by atoms with Crippen LogP contribution in [0.5, 0.6) is 0 Å². The van der Waals surface area contributed by atoms with E-state index in [9.17, 15) is 4.79 Å². The summed E-state index contributed by atoms with van der Waals surface area (Å²) in [6.07, 6.45) is 1.66. The van der Waals surface area contributed by atoms with E-state index >= 15 is 0 Å². The molecule has 0 fully saturated rings. The molecular weight excluding hydrogens is 328 g/mol. The maximum atomic E-state index is 11.7. The van der Waals surface area contributed by atoms with E-state index in [1.807, 2.05) is 36.4 Å². The number of amides is 2. The van der Waals surface area contributed by atoms with Gasteiger partial charge >= 0.3 is 6.03 Å². The van der Waals surface area contributed by atoms with Crippen molar-refractivity contribution in [3.05, 3.63) is 70.2 Å². The number of benzene rings is 2. The summed E-state index contributed by atoms with van der Waals surface area (Å²) in [4.78, 5) is 11.7. The zero-order chi connectivity index (χ0) is 14.9. The average Bonchev–Trinajstić information content (AvgIpc) is 2.50. The van der Waals surface area contributed by atoms with Gasteiger partial charge in [0.15, 0.2) is 0 Å². The number of carbonyl (C=O) groups excluding carboxylic acids is 1. The van der Waals surface area contributed by atoms with Crippen LogP contribution in [-0.4, -0.2) is 19.1 Å². The third kappa shape index (κ3) is 5.60. The number of hydrogen-bond acceptors (Lipinski definition) is 1. The Hall–Kier alpha value is -1.81. The van der Waals surface area contributed by atoms with Gasteiger partial charge in [0.05, 0.1) is 0 Å². The van der Waals surface area contributed by atoms with Crippen molar-refractivity contribution in [2.75, 3.05) is 13.1 Å². The molecule has 0 radical (unpaired) electrons. The summed E-state index contributed by atoms with van der Waals surface area (Å²) in [5, 5.41) is 5.74. The van der Waals surface area contributed by atoms with E-state index in [1.165, 1.54) is 11.1 Å². The van der Waals surface area contributed by atoms with E-state index in [-0.39, 0.29) is 6.03 Å². The smallest absolute Gasteiger partial charge is 0.314 e. The van der Waals surface area contributed by atoms with E-state index in [4.69, 9.17) is 0 Å². The van der Waals surface area contributed by atoms with Crippen molar-refractivity contribution in [1.82, 2.24) is 10.6 Å². The monoisotopic (exact) mass is 346 g/mol. The highest BCUT2D eigenvalue weighted by Crippen LogP contribution is 2.15. The number of nitrogens with one attached hydrogen (secondary N) is 2. The summed E-state index contributed by atoms with van der Waals surface area (Å²) >= 11 is 3.50. The molecule has 21 heavy (non-hydrogen) atoms. The summed E-state index contributed by atoms with van der Waals surface area (Å²) in [5.74, 6) is 0. The first-order chi connectivity index (χ1) is 10.3. The van der Waals surface area contributed by atoms with E-state index < -0.39 is 0 Å². The number of carbonyl (C=O) groups is 1. The first-order valence-corrected chi connectivity index (χ1v) is 7.84. The molecule has 2 N–H and O–H groups in total. The van der Waals surface area contributed by atoms with Crippen molar-refractivity contribution < 1.29 is 4.79 Å². The molecule has 0 aliphatic rings. The van der Waals surface area contributed by atoms with Gasteiger partial charge in [0.25, 0.3) is 0 Å². The van der Waals surface area contributed by atoms with Gasteiger partial charge in [0.1, 0.15) is 0 Å². The van der Waals surface area contributed by atoms with Crippen molar-refractivity contribution in [3.63, 3.8) is 0 Å². The van der Waals surface area contributed by atoms with Crippen LogP contribution in [0.25, 0.3) is 0 Å². The fourth-order valence-corrected chi connectivity index (χ4v) is 2.52. The van der Waals surface area contributed by atoms with Gasteiger partial charge in [-0.1, -0.05) is 64.5 Å². The lowest BCUT2D eigenvalue weighted by atomic mass is 10.1. The molecule has 2 amide bonds. The third-order valence-electron chi connectivity index (χ3n) is 3.18. The van der Waals surface area contributed by atoms with Crippen LogP contribution in [0, 0.1) is 0 Å². The topological polar surface area (TPSA) is 41.1 Å². The molecule has 2 rings (SSSR count). The Bertz CT molecular complexity index is 572. The second-order valence-corrected chi connectivity index (χ2v) is 5.61. The van der Waals surface area contributed by atoms with Crippen molar-refractivity contribution in [2.45, 2.75) is 12.8 Å². The molecule has 0 spiro atoms. The standard InChI is InChI=1S/C17H19BrN2O/c18-16-9-5-4-8-15(16)11-13-20-17(21)19-12-10-14-6-2-1-3-7-14/h1-9H,10-13H2,(H2,19,20,21). The molecule has 3 nitrogen and oxygen atoms in total. The van der Waals surface area contributed by atoms with E-state index in [0.29, 0.717) is 13.1 Å². The van der Waals surface area contributed by atoms with Gasteiger partial charge in [-0.25, -0.2) is 4.79 Å². The minimum Gasteiger partial charge on any atom is -0.338 e. The normalized spacial score (nSPS) is 10.1. The number of rotatable bonds is 6. The molecule has 0 unspecified atom stereocenters. The molecule has 0 saturated carbocycles. The molecule has 0 saturated heterocycles. The van der Waals surface area contributed by atoms with E-state index in [1.54, 1.807) is 0 Å². The highest BCUT2D eigenvalue weighted by atomic mass is 79.9. The largest absolute Gasteiger partial charge is 0.338 e. The first-order valence-electron chi connectivity index (χ1n) is 7.05. The molecular formula is C17H19BrN2O. The van der Waals surface area contributed by atoms with Crippen molar-refractivity contribution in [3.8, 4) is 0 Å². The maximum Gasteiger partial charge on any atom is 0.314 e. The predicted octanol–water partition coefficient (Wildman–Crippen LogP) is 3.53. The van der Waals surface area contributed by atoms with Gasteiger partial charge < -0.3 is 10.6 Å². The molecule has 0 aliphatic heterocycles. The van der Waals surface area contributed by atoms with Crippen LogP contribution in [0.4, 0.5) is 4.79 Å². The second-order valence-electron chi connectivity index (χ2n) is 4.76. The Balaban J connectivity index is 1.63. The van der Waals surface area contributed by atoms with E-state index in [0.717, 1.165) is 17.3 Å². The Kier molecular flexibility index (Phi) is 6.28. The molecule has 2 aromatic rings. The maximum absolute atomic E-state index is 11.7. The summed E-state index contributed by atoms with van der Waals surface area (Å²) in [5.41, 5.74) is 2.42. The SMILES string of the molecule is O=C(NCCc1ccccc1)NCCc1ccccc1Br. The first kappa shape index (κ1) is 15.6. The minimum atomic E-state index is -0.113. The number of halogens is 1. The highest BCUT2D eigenvalue weighted by molar-refractivity contribution is 9.10. The Labute approximate surface area is 133 Å². The van der Waals surface area contributed by atoms with Crippen LogP contribution in [0.2, 0.25) is 0 Å². The van der Waals surface area contributed by atoms with Crippen molar-refractivity contribution >= 4 is 22.0 Å². The summed E-state index contributed by atoms with van der Waals surface area (Å²) in [6.45, 7) is 1.27.